The van der Waals surface area contributed by atoms with Crippen LogP contribution in [0.25, 0.3) is 0 Å². The molecule has 3 N–H and O–H groups in total. The van der Waals surface area contributed by atoms with E-state index in [1.807, 2.05) is 0 Å². The van der Waals surface area contributed by atoms with Gasteiger partial charge in [0, 0.05) is 25.4 Å². The van der Waals surface area contributed by atoms with Gasteiger partial charge in [-0.1, -0.05) is 0 Å². The quantitative estimate of drug-likeness (QED) is 0.631. The molecule has 3 rings (SSSR count). The van der Waals surface area contributed by atoms with E-state index in [0.717, 1.165) is 30.2 Å². The highest BCUT2D eigenvalue weighted by molar-refractivity contribution is 5.44. The number of nitrogen functional groups attached to an aromatic ring is 1. The maximum Gasteiger partial charge on any atom is 0.269 e. The summed E-state index contributed by atoms with van der Waals surface area (Å²) in [7, 11) is 0. The third-order valence-electron chi connectivity index (χ3n) is 3.62. The first-order chi connectivity index (χ1) is 10.3. The van der Waals surface area contributed by atoms with E-state index in [2.05, 4.69) is 20.4 Å². The van der Waals surface area contributed by atoms with Crippen LogP contribution in [-0.2, 0) is 6.54 Å². The molecule has 3 heterocycles. The Labute approximate surface area is 122 Å². The molecular weight excluding hydrogens is 268 g/mol. The summed E-state index contributed by atoms with van der Waals surface area (Å²) in [6, 6.07) is 5.20. The average molecular weight is 286 g/mol. The highest BCUT2D eigenvalue weighted by atomic mass is 16.1. The Morgan fingerprint density at radius 1 is 1.29 bits per heavy atom. The Bertz CT molecular complexity index is 677. The lowest BCUT2D eigenvalue weighted by molar-refractivity contribution is 0.626. The minimum absolute atomic E-state index is 0.118. The predicted molar refractivity (Wildman–Crippen MR) is 81.1 cm³/mol. The lowest BCUT2D eigenvalue weighted by Crippen LogP contribution is -2.26. The number of aromatic nitrogens is 3. The van der Waals surface area contributed by atoms with Crippen molar-refractivity contribution in [3.63, 3.8) is 0 Å². The average Bonchev–Trinajstić information content (AvgIpc) is 3.04. The van der Waals surface area contributed by atoms with Gasteiger partial charge in [-0.05, 0) is 25.0 Å². The van der Waals surface area contributed by atoms with Crippen molar-refractivity contribution in [3.05, 3.63) is 46.6 Å². The predicted octanol–water partition coefficient (Wildman–Crippen LogP) is 0.572. The molecule has 0 saturated carbocycles. The summed E-state index contributed by atoms with van der Waals surface area (Å²) in [5, 5.41) is 4.24. The van der Waals surface area contributed by atoms with Gasteiger partial charge < -0.3 is 10.3 Å². The molecule has 0 unspecified atom stereocenters. The van der Waals surface area contributed by atoms with Crippen LogP contribution in [0.4, 0.5) is 11.4 Å². The minimum atomic E-state index is -0.118. The van der Waals surface area contributed by atoms with Crippen molar-refractivity contribution in [2.24, 2.45) is 5.84 Å². The first-order valence-corrected chi connectivity index (χ1v) is 7.00. The summed E-state index contributed by atoms with van der Waals surface area (Å²) in [5.74, 6) is 5.36. The van der Waals surface area contributed by atoms with Gasteiger partial charge in [-0.15, -0.1) is 0 Å². The number of hydrogen-bond donors (Lipinski definition) is 2. The SMILES string of the molecule is NNc1ccnc(Cn2ncc(N3CCCC3)cc2=O)c1. The van der Waals surface area contributed by atoms with Crippen molar-refractivity contribution in [2.75, 3.05) is 23.4 Å². The van der Waals surface area contributed by atoms with Crippen molar-refractivity contribution in [3.8, 4) is 0 Å². The fourth-order valence-electron chi connectivity index (χ4n) is 2.50. The molecule has 110 valence electrons. The van der Waals surface area contributed by atoms with E-state index in [4.69, 9.17) is 5.84 Å². The molecule has 21 heavy (non-hydrogen) atoms. The Balaban J connectivity index is 1.80. The van der Waals surface area contributed by atoms with Gasteiger partial charge in [0.1, 0.15) is 0 Å². The van der Waals surface area contributed by atoms with Crippen molar-refractivity contribution >= 4 is 11.4 Å². The van der Waals surface area contributed by atoms with E-state index in [1.165, 1.54) is 17.5 Å². The van der Waals surface area contributed by atoms with Gasteiger partial charge in [-0.3, -0.25) is 15.6 Å². The number of nitrogens with one attached hydrogen (secondary N) is 1. The summed E-state index contributed by atoms with van der Waals surface area (Å²) >= 11 is 0. The van der Waals surface area contributed by atoms with Crippen LogP contribution in [0.3, 0.4) is 0 Å². The van der Waals surface area contributed by atoms with Crippen molar-refractivity contribution in [1.82, 2.24) is 14.8 Å². The number of hydrazine groups is 1. The van der Waals surface area contributed by atoms with Crippen LogP contribution in [0.5, 0.6) is 0 Å². The van der Waals surface area contributed by atoms with Crippen LogP contribution in [0.2, 0.25) is 0 Å². The monoisotopic (exact) mass is 286 g/mol. The second kappa shape index (κ2) is 5.92. The molecule has 0 spiro atoms. The van der Waals surface area contributed by atoms with E-state index in [1.54, 1.807) is 30.6 Å². The molecular formula is C14H18N6O. The maximum absolute atomic E-state index is 12.2. The summed E-state index contributed by atoms with van der Waals surface area (Å²) in [4.78, 5) is 18.6. The van der Waals surface area contributed by atoms with Gasteiger partial charge in [0.25, 0.3) is 5.56 Å². The van der Waals surface area contributed by atoms with Crippen LogP contribution >= 0.6 is 0 Å². The molecule has 0 amide bonds. The Hall–Kier alpha value is -2.41. The molecule has 0 bridgehead atoms. The van der Waals surface area contributed by atoms with Crippen molar-refractivity contribution in [1.29, 1.82) is 0 Å². The molecule has 0 atom stereocenters. The first kappa shape index (κ1) is 13.6. The smallest absolute Gasteiger partial charge is 0.269 e. The van der Waals surface area contributed by atoms with Crippen LogP contribution in [0, 0.1) is 0 Å². The Kier molecular flexibility index (Phi) is 3.83. The van der Waals surface area contributed by atoms with Gasteiger partial charge in [0.05, 0.1) is 29.8 Å². The third kappa shape index (κ3) is 3.03. The van der Waals surface area contributed by atoms with Crippen molar-refractivity contribution < 1.29 is 0 Å². The molecule has 2 aromatic rings. The van der Waals surface area contributed by atoms with E-state index in [9.17, 15) is 4.79 Å². The summed E-state index contributed by atoms with van der Waals surface area (Å²) in [5.41, 5.74) is 4.83. The third-order valence-corrected chi connectivity index (χ3v) is 3.62. The zero-order chi connectivity index (χ0) is 14.7. The normalized spacial score (nSPS) is 14.4. The minimum Gasteiger partial charge on any atom is -0.370 e. The van der Waals surface area contributed by atoms with Crippen LogP contribution < -0.4 is 21.7 Å². The number of nitrogens with two attached hydrogens (primary N) is 1. The fraction of sp³-hybridized carbons (Fsp3) is 0.357. The molecule has 7 nitrogen and oxygen atoms in total. The largest absolute Gasteiger partial charge is 0.370 e. The Morgan fingerprint density at radius 3 is 2.81 bits per heavy atom. The molecule has 0 aliphatic carbocycles. The molecule has 1 aliphatic heterocycles. The van der Waals surface area contributed by atoms with E-state index in [0.29, 0.717) is 6.54 Å². The molecule has 1 saturated heterocycles. The van der Waals surface area contributed by atoms with Gasteiger partial charge in [-0.2, -0.15) is 5.10 Å². The van der Waals surface area contributed by atoms with E-state index in [-0.39, 0.29) is 5.56 Å². The van der Waals surface area contributed by atoms with Gasteiger partial charge in [0.2, 0.25) is 0 Å². The lowest BCUT2D eigenvalue weighted by atomic mass is 10.3. The van der Waals surface area contributed by atoms with Gasteiger partial charge in [-0.25, -0.2) is 4.68 Å². The number of anilines is 2. The number of rotatable bonds is 4. The molecule has 0 radical (unpaired) electrons. The number of hydrogen-bond acceptors (Lipinski definition) is 6. The highest BCUT2D eigenvalue weighted by Gasteiger charge is 2.13. The highest BCUT2D eigenvalue weighted by Crippen LogP contribution is 2.17. The fourth-order valence-corrected chi connectivity index (χ4v) is 2.50. The van der Waals surface area contributed by atoms with Crippen LogP contribution in [-0.4, -0.2) is 27.9 Å². The second-order valence-electron chi connectivity index (χ2n) is 5.08. The summed E-state index contributed by atoms with van der Waals surface area (Å²) < 4.78 is 1.40. The second-order valence-corrected chi connectivity index (χ2v) is 5.08. The lowest BCUT2D eigenvalue weighted by Gasteiger charge is -2.17. The molecule has 2 aromatic heterocycles. The topological polar surface area (TPSA) is 89.1 Å². The van der Waals surface area contributed by atoms with E-state index < -0.39 is 0 Å². The molecule has 1 fully saturated rings. The maximum atomic E-state index is 12.2. The van der Waals surface area contributed by atoms with Gasteiger partial charge >= 0.3 is 0 Å². The number of pyridine rings is 1. The standard InChI is InChI=1S/C14H18N6O/c15-18-11-3-4-16-12(7-11)10-20-14(21)8-13(9-17-20)19-5-1-2-6-19/h3-4,7-9H,1-2,5-6,10,15H2,(H,16,18). The zero-order valence-electron chi connectivity index (χ0n) is 11.7. The zero-order valence-corrected chi connectivity index (χ0v) is 11.7. The molecule has 1 aliphatic rings. The molecule has 0 aromatic carbocycles. The van der Waals surface area contributed by atoms with E-state index >= 15 is 0 Å². The summed E-state index contributed by atoms with van der Waals surface area (Å²) in [6.45, 7) is 2.32. The van der Waals surface area contributed by atoms with Crippen LogP contribution in [0.15, 0.2) is 35.4 Å². The van der Waals surface area contributed by atoms with Crippen LogP contribution in [0.1, 0.15) is 18.5 Å². The first-order valence-electron chi connectivity index (χ1n) is 7.00. The molecule has 7 heteroatoms. The number of nitrogens with zero attached hydrogens (tertiary/aromatic N) is 4. The van der Waals surface area contributed by atoms with Gasteiger partial charge in [0.15, 0.2) is 0 Å². The Morgan fingerprint density at radius 2 is 2.10 bits per heavy atom. The van der Waals surface area contributed by atoms with Crippen molar-refractivity contribution in [2.45, 2.75) is 19.4 Å². The summed E-state index contributed by atoms with van der Waals surface area (Å²) in [6.07, 6.45) is 5.74.